The van der Waals surface area contributed by atoms with Crippen molar-refractivity contribution in [2.24, 2.45) is 0 Å². The minimum atomic E-state index is -0.587. The Hall–Kier alpha value is -2.97. The van der Waals surface area contributed by atoms with E-state index >= 15 is 0 Å². The molecule has 7 nitrogen and oxygen atoms in total. The number of hydrogen-bond acceptors (Lipinski definition) is 6. The number of halogens is 1. The minimum absolute atomic E-state index is 0.0677. The van der Waals surface area contributed by atoms with Crippen LogP contribution in [-0.4, -0.2) is 22.9 Å². The molecule has 0 unspecified atom stereocenters. The van der Waals surface area contributed by atoms with Crippen molar-refractivity contribution in [2.45, 2.75) is 0 Å². The monoisotopic (exact) mass is 389 g/mol. The van der Waals surface area contributed by atoms with E-state index in [-0.39, 0.29) is 17.1 Å². The van der Waals surface area contributed by atoms with Gasteiger partial charge in [0, 0.05) is 16.0 Å². The molecule has 0 saturated heterocycles. The summed E-state index contributed by atoms with van der Waals surface area (Å²) >= 11 is 7.25. The van der Waals surface area contributed by atoms with Gasteiger partial charge in [0.25, 0.3) is 11.6 Å². The van der Waals surface area contributed by atoms with Gasteiger partial charge < -0.3 is 10.1 Å². The molecule has 0 saturated carbocycles. The molecule has 9 heteroatoms. The first-order chi connectivity index (χ1) is 12.5. The highest BCUT2D eigenvalue weighted by atomic mass is 35.5. The van der Waals surface area contributed by atoms with Gasteiger partial charge in [-0.15, -0.1) is 11.3 Å². The van der Waals surface area contributed by atoms with Crippen LogP contribution in [0.5, 0.6) is 5.75 Å². The Morgan fingerprint density at radius 1 is 1.31 bits per heavy atom. The van der Waals surface area contributed by atoms with Crippen molar-refractivity contribution >= 4 is 40.2 Å². The molecule has 132 valence electrons. The number of ether oxygens (including phenoxy) is 1. The third-order valence-corrected chi connectivity index (χ3v) is 4.58. The molecule has 3 aromatic rings. The Labute approximate surface area is 157 Å². The Bertz CT molecular complexity index is 990. The highest BCUT2D eigenvalue weighted by Gasteiger charge is 2.19. The van der Waals surface area contributed by atoms with E-state index in [0.717, 1.165) is 5.56 Å². The van der Waals surface area contributed by atoms with E-state index in [1.165, 1.54) is 36.6 Å². The van der Waals surface area contributed by atoms with Gasteiger partial charge in [-0.05, 0) is 24.3 Å². The second kappa shape index (κ2) is 7.51. The number of anilines is 1. The smallest absolute Gasteiger partial charge is 0.296 e. The fraction of sp³-hybridized carbons (Fsp3) is 0.0588. The number of aromatic nitrogens is 1. The maximum absolute atomic E-state index is 12.4. The van der Waals surface area contributed by atoms with Gasteiger partial charge in [-0.25, -0.2) is 4.98 Å². The van der Waals surface area contributed by atoms with E-state index in [0.29, 0.717) is 15.8 Å². The van der Waals surface area contributed by atoms with Crippen molar-refractivity contribution in [2.75, 3.05) is 12.4 Å². The summed E-state index contributed by atoms with van der Waals surface area (Å²) < 4.78 is 4.97. The van der Waals surface area contributed by atoms with Crippen molar-refractivity contribution in [1.29, 1.82) is 0 Å². The summed E-state index contributed by atoms with van der Waals surface area (Å²) in [6.07, 6.45) is 0. The lowest BCUT2D eigenvalue weighted by Gasteiger charge is -2.06. The standard InChI is InChI=1S/C17H12ClN3O4S/c1-25-12-5-6-13(15(8-12)21(23)24)19-16(22)14-9-26-17(20-14)10-3-2-4-11(18)7-10/h2-9H,1H3,(H,19,22). The third-order valence-electron chi connectivity index (χ3n) is 3.46. The third kappa shape index (κ3) is 3.81. The highest BCUT2D eigenvalue weighted by molar-refractivity contribution is 7.13. The fourth-order valence-electron chi connectivity index (χ4n) is 2.21. The zero-order valence-electron chi connectivity index (χ0n) is 13.4. The van der Waals surface area contributed by atoms with Crippen LogP contribution < -0.4 is 10.1 Å². The lowest BCUT2D eigenvalue weighted by Crippen LogP contribution is -2.13. The Morgan fingerprint density at radius 3 is 2.81 bits per heavy atom. The maximum atomic E-state index is 12.4. The molecule has 0 aliphatic carbocycles. The van der Waals surface area contributed by atoms with Gasteiger partial charge >= 0.3 is 0 Å². The van der Waals surface area contributed by atoms with Crippen LogP contribution >= 0.6 is 22.9 Å². The Morgan fingerprint density at radius 2 is 2.12 bits per heavy atom. The number of amides is 1. The molecule has 0 aliphatic rings. The normalized spacial score (nSPS) is 10.4. The largest absolute Gasteiger partial charge is 0.496 e. The number of hydrogen-bond donors (Lipinski definition) is 1. The molecule has 0 fully saturated rings. The number of methoxy groups -OCH3 is 1. The molecular formula is C17H12ClN3O4S. The minimum Gasteiger partial charge on any atom is -0.496 e. The van der Waals surface area contributed by atoms with Crippen LogP contribution in [0, 0.1) is 10.1 Å². The second-order valence-electron chi connectivity index (χ2n) is 5.14. The topological polar surface area (TPSA) is 94.4 Å². The molecule has 2 aromatic carbocycles. The SMILES string of the molecule is COc1ccc(NC(=O)c2csc(-c3cccc(Cl)c3)n2)c([N+](=O)[O-])c1. The molecule has 0 radical (unpaired) electrons. The van der Waals surface area contributed by atoms with Crippen LogP contribution in [0.15, 0.2) is 47.8 Å². The zero-order valence-corrected chi connectivity index (χ0v) is 15.0. The molecular weight excluding hydrogens is 378 g/mol. The van der Waals surface area contributed by atoms with Crippen LogP contribution in [0.25, 0.3) is 10.6 Å². The maximum Gasteiger partial charge on any atom is 0.296 e. The number of nitro groups is 1. The first-order valence-corrected chi connectivity index (χ1v) is 8.59. The van der Waals surface area contributed by atoms with Gasteiger partial charge in [0.2, 0.25) is 0 Å². The molecule has 1 heterocycles. The van der Waals surface area contributed by atoms with Crippen LogP contribution in [0.1, 0.15) is 10.5 Å². The first kappa shape index (κ1) is 17.8. The predicted octanol–water partition coefficient (Wildman–Crippen LogP) is 4.63. The summed E-state index contributed by atoms with van der Waals surface area (Å²) in [7, 11) is 1.41. The molecule has 3 rings (SSSR count). The molecule has 1 amide bonds. The molecule has 1 aromatic heterocycles. The number of carbonyl (C=O) groups excluding carboxylic acids is 1. The van der Waals surface area contributed by atoms with Crippen molar-refractivity contribution in [1.82, 2.24) is 4.98 Å². The first-order valence-electron chi connectivity index (χ1n) is 7.33. The number of thiazole rings is 1. The van der Waals surface area contributed by atoms with E-state index in [1.807, 2.05) is 6.07 Å². The van der Waals surface area contributed by atoms with Crippen LogP contribution in [-0.2, 0) is 0 Å². The zero-order chi connectivity index (χ0) is 18.7. The number of rotatable bonds is 5. The number of nitro benzene ring substituents is 1. The van der Waals surface area contributed by atoms with Crippen LogP contribution in [0.4, 0.5) is 11.4 Å². The van der Waals surface area contributed by atoms with Crippen molar-refractivity contribution in [3.05, 3.63) is 68.7 Å². The van der Waals surface area contributed by atoms with Crippen LogP contribution in [0.2, 0.25) is 5.02 Å². The summed E-state index contributed by atoms with van der Waals surface area (Å²) in [6.45, 7) is 0. The average Bonchev–Trinajstić information content (AvgIpc) is 3.12. The predicted molar refractivity (Wildman–Crippen MR) is 100 cm³/mol. The molecule has 1 N–H and O–H groups in total. The van der Waals surface area contributed by atoms with Crippen molar-refractivity contribution in [3.8, 4) is 16.3 Å². The van der Waals surface area contributed by atoms with Crippen molar-refractivity contribution < 1.29 is 14.5 Å². The molecule has 0 bridgehead atoms. The molecule has 0 aliphatic heterocycles. The van der Waals surface area contributed by atoms with E-state index in [4.69, 9.17) is 16.3 Å². The lowest BCUT2D eigenvalue weighted by molar-refractivity contribution is -0.384. The number of carbonyl (C=O) groups is 1. The fourth-order valence-corrected chi connectivity index (χ4v) is 3.20. The van der Waals surface area contributed by atoms with E-state index in [2.05, 4.69) is 10.3 Å². The lowest BCUT2D eigenvalue weighted by atomic mass is 10.2. The highest BCUT2D eigenvalue weighted by Crippen LogP contribution is 2.30. The number of nitrogens with zero attached hydrogens (tertiary/aromatic N) is 2. The Kier molecular flexibility index (Phi) is 5.15. The van der Waals surface area contributed by atoms with E-state index in [9.17, 15) is 14.9 Å². The van der Waals surface area contributed by atoms with Gasteiger partial charge in [0.15, 0.2) is 0 Å². The van der Waals surface area contributed by atoms with Gasteiger partial charge in [0.1, 0.15) is 22.1 Å². The molecule has 0 atom stereocenters. The number of benzene rings is 2. The van der Waals surface area contributed by atoms with Gasteiger partial charge in [-0.2, -0.15) is 0 Å². The van der Waals surface area contributed by atoms with E-state index < -0.39 is 10.8 Å². The molecule has 0 spiro atoms. The summed E-state index contributed by atoms with van der Waals surface area (Å²) in [5, 5.41) is 16.5. The van der Waals surface area contributed by atoms with Gasteiger partial charge in [0.05, 0.1) is 18.1 Å². The number of nitrogens with one attached hydrogen (secondary N) is 1. The summed E-state index contributed by atoms with van der Waals surface area (Å²) in [5.41, 5.74) is 0.758. The van der Waals surface area contributed by atoms with E-state index in [1.54, 1.807) is 23.6 Å². The average molecular weight is 390 g/mol. The van der Waals surface area contributed by atoms with Crippen LogP contribution in [0.3, 0.4) is 0 Å². The summed E-state index contributed by atoms with van der Waals surface area (Å²) in [6, 6.07) is 11.3. The molecule has 26 heavy (non-hydrogen) atoms. The summed E-state index contributed by atoms with van der Waals surface area (Å²) in [5.74, 6) is -0.214. The van der Waals surface area contributed by atoms with Crippen molar-refractivity contribution in [3.63, 3.8) is 0 Å². The van der Waals surface area contributed by atoms with Gasteiger partial charge in [-0.1, -0.05) is 23.7 Å². The second-order valence-corrected chi connectivity index (χ2v) is 6.44. The quantitative estimate of drug-likeness (QED) is 0.507. The summed E-state index contributed by atoms with van der Waals surface area (Å²) in [4.78, 5) is 27.3. The Balaban J connectivity index is 1.84. The van der Waals surface area contributed by atoms with Gasteiger partial charge in [-0.3, -0.25) is 14.9 Å².